The number of terminal acetylenes is 1. The van der Waals surface area contributed by atoms with Gasteiger partial charge in [-0.1, -0.05) is 6.92 Å². The molecule has 0 spiro atoms. The molecule has 0 atom stereocenters. The molecule has 0 saturated carbocycles. The summed E-state index contributed by atoms with van der Waals surface area (Å²) in [6.45, 7) is 2.46. The van der Waals surface area contributed by atoms with E-state index < -0.39 is 0 Å². The van der Waals surface area contributed by atoms with Crippen LogP contribution in [0.3, 0.4) is 0 Å². The normalized spacial score (nSPS) is 8.40. The maximum absolute atomic E-state index is 10.6. The number of esters is 1. The Morgan fingerprint density at radius 2 is 2.40 bits per heavy atom. The molecule has 0 amide bonds. The van der Waals surface area contributed by atoms with Gasteiger partial charge >= 0.3 is 5.97 Å². The fourth-order valence-corrected chi connectivity index (χ4v) is 0.462. The van der Waals surface area contributed by atoms with E-state index in [0.717, 1.165) is 6.42 Å². The molecule has 0 aliphatic rings. The molecule has 0 aromatic heterocycles. The lowest BCUT2D eigenvalue weighted by Crippen LogP contribution is -2.03. The Morgan fingerprint density at radius 3 is 2.90 bits per heavy atom. The van der Waals surface area contributed by atoms with Crippen molar-refractivity contribution in [1.29, 1.82) is 0 Å². The van der Waals surface area contributed by atoms with Gasteiger partial charge in [0.15, 0.2) is 0 Å². The van der Waals surface area contributed by atoms with Gasteiger partial charge in [0.1, 0.15) is 0 Å². The Bertz CT molecular complexity index is 133. The molecule has 0 rings (SSSR count). The van der Waals surface area contributed by atoms with Crippen LogP contribution in [0.2, 0.25) is 0 Å². The molecule has 0 bridgehead atoms. The summed E-state index contributed by atoms with van der Waals surface area (Å²) in [5, 5.41) is 0. The molecule has 0 aromatic carbocycles. The van der Waals surface area contributed by atoms with E-state index in [0.29, 0.717) is 19.4 Å². The summed E-state index contributed by atoms with van der Waals surface area (Å²) in [7, 11) is 0. The molecule has 0 fully saturated rings. The van der Waals surface area contributed by atoms with Crippen LogP contribution in [0.4, 0.5) is 0 Å². The van der Waals surface area contributed by atoms with Crippen LogP contribution < -0.4 is 0 Å². The van der Waals surface area contributed by atoms with E-state index in [1.165, 1.54) is 0 Å². The Hall–Kier alpha value is -0.970. The minimum absolute atomic E-state index is 0.195. The average Bonchev–Trinajstić information content (AvgIpc) is 1.97. The Kier molecular flexibility index (Phi) is 5.56. The van der Waals surface area contributed by atoms with Gasteiger partial charge in [-0.05, 0) is 6.42 Å². The summed E-state index contributed by atoms with van der Waals surface area (Å²) in [6, 6.07) is 0. The van der Waals surface area contributed by atoms with Gasteiger partial charge in [-0.2, -0.15) is 0 Å². The lowest BCUT2D eigenvalue weighted by Gasteiger charge is -1.98. The third-order valence-corrected chi connectivity index (χ3v) is 0.941. The summed E-state index contributed by atoms with van der Waals surface area (Å²) in [5.41, 5.74) is 0. The number of ether oxygens (including phenoxy) is 1. The molecule has 56 valence electrons. The summed E-state index contributed by atoms with van der Waals surface area (Å²) in [4.78, 5) is 10.6. The van der Waals surface area contributed by atoms with Gasteiger partial charge in [-0.25, -0.2) is 0 Å². The molecule has 2 heteroatoms. The smallest absolute Gasteiger partial charge is 0.306 e. The largest absolute Gasteiger partial charge is 0.466 e. The molecule has 0 N–H and O–H groups in total. The highest BCUT2D eigenvalue weighted by Crippen LogP contribution is 1.91. The quantitative estimate of drug-likeness (QED) is 0.435. The first-order chi connectivity index (χ1) is 4.81. The second kappa shape index (κ2) is 6.15. The summed E-state index contributed by atoms with van der Waals surface area (Å²) < 4.78 is 4.76. The van der Waals surface area contributed by atoms with Gasteiger partial charge in [0.2, 0.25) is 0 Å². The van der Waals surface area contributed by atoms with E-state index >= 15 is 0 Å². The van der Waals surface area contributed by atoms with Crippen LogP contribution in [0.5, 0.6) is 0 Å². The number of carbonyl (C=O) groups excluding carboxylic acids is 1. The van der Waals surface area contributed by atoms with Gasteiger partial charge in [0.25, 0.3) is 0 Å². The fraction of sp³-hybridized carbons (Fsp3) is 0.625. The minimum Gasteiger partial charge on any atom is -0.466 e. The lowest BCUT2D eigenvalue weighted by atomic mass is 10.3. The van der Waals surface area contributed by atoms with Gasteiger partial charge < -0.3 is 4.74 Å². The topological polar surface area (TPSA) is 26.3 Å². The van der Waals surface area contributed by atoms with Crippen molar-refractivity contribution >= 4 is 5.97 Å². The molecule has 0 radical (unpaired) electrons. The monoisotopic (exact) mass is 140 g/mol. The Balaban J connectivity index is 3.19. The van der Waals surface area contributed by atoms with Gasteiger partial charge in [0, 0.05) is 6.42 Å². The molecule has 0 aliphatic carbocycles. The van der Waals surface area contributed by atoms with E-state index in [2.05, 4.69) is 5.92 Å². The van der Waals surface area contributed by atoms with Crippen LogP contribution in [0.1, 0.15) is 26.2 Å². The standard InChI is InChI=1S/C8H12O2/c1-3-5-6-8(9)10-7-4-2/h1H,4-7H2,2H3. The number of hydrogen-bond donors (Lipinski definition) is 0. The highest BCUT2D eigenvalue weighted by molar-refractivity contribution is 5.69. The minimum atomic E-state index is -0.195. The van der Waals surface area contributed by atoms with Gasteiger partial charge in [-0.15, -0.1) is 12.3 Å². The van der Waals surface area contributed by atoms with E-state index in [9.17, 15) is 4.79 Å². The molecule has 10 heavy (non-hydrogen) atoms. The first-order valence-corrected chi connectivity index (χ1v) is 3.40. The Morgan fingerprint density at radius 1 is 1.70 bits per heavy atom. The van der Waals surface area contributed by atoms with Crippen molar-refractivity contribution in [3.05, 3.63) is 0 Å². The van der Waals surface area contributed by atoms with Crippen molar-refractivity contribution in [3.63, 3.8) is 0 Å². The van der Waals surface area contributed by atoms with Crippen molar-refractivity contribution in [2.45, 2.75) is 26.2 Å². The van der Waals surface area contributed by atoms with Gasteiger partial charge in [-0.3, -0.25) is 4.79 Å². The summed E-state index contributed by atoms with van der Waals surface area (Å²) in [6.07, 6.45) is 6.63. The molecular weight excluding hydrogens is 128 g/mol. The van der Waals surface area contributed by atoms with E-state index in [1.807, 2.05) is 6.92 Å². The first-order valence-electron chi connectivity index (χ1n) is 3.40. The molecule has 2 nitrogen and oxygen atoms in total. The van der Waals surface area contributed by atoms with Crippen LogP contribution >= 0.6 is 0 Å². The molecule has 0 aromatic rings. The zero-order valence-electron chi connectivity index (χ0n) is 6.22. The SMILES string of the molecule is C#CCCC(=O)OCCC. The van der Waals surface area contributed by atoms with Crippen molar-refractivity contribution in [2.24, 2.45) is 0 Å². The van der Waals surface area contributed by atoms with Crippen LogP contribution in [0.25, 0.3) is 0 Å². The Labute approximate surface area is 61.6 Å². The summed E-state index contributed by atoms with van der Waals surface area (Å²) in [5.74, 6) is 2.18. The van der Waals surface area contributed by atoms with E-state index in [4.69, 9.17) is 11.2 Å². The highest BCUT2D eigenvalue weighted by Gasteiger charge is 1.98. The average molecular weight is 140 g/mol. The van der Waals surface area contributed by atoms with Crippen LogP contribution in [-0.4, -0.2) is 12.6 Å². The molecule has 0 heterocycles. The van der Waals surface area contributed by atoms with Crippen molar-refractivity contribution < 1.29 is 9.53 Å². The van der Waals surface area contributed by atoms with Gasteiger partial charge in [0.05, 0.1) is 13.0 Å². The lowest BCUT2D eigenvalue weighted by molar-refractivity contribution is -0.143. The third-order valence-electron chi connectivity index (χ3n) is 0.941. The van der Waals surface area contributed by atoms with Crippen LogP contribution in [0, 0.1) is 12.3 Å². The predicted octanol–water partition coefficient (Wildman–Crippen LogP) is 1.35. The second-order valence-corrected chi connectivity index (χ2v) is 1.92. The second-order valence-electron chi connectivity index (χ2n) is 1.92. The molecular formula is C8H12O2. The van der Waals surface area contributed by atoms with E-state index in [-0.39, 0.29) is 5.97 Å². The van der Waals surface area contributed by atoms with Crippen molar-refractivity contribution in [2.75, 3.05) is 6.61 Å². The highest BCUT2D eigenvalue weighted by atomic mass is 16.5. The molecule has 0 aliphatic heterocycles. The molecule has 0 saturated heterocycles. The van der Waals surface area contributed by atoms with Crippen LogP contribution in [-0.2, 0) is 9.53 Å². The number of carbonyl (C=O) groups is 1. The van der Waals surface area contributed by atoms with E-state index in [1.54, 1.807) is 0 Å². The maximum Gasteiger partial charge on any atom is 0.306 e. The summed E-state index contributed by atoms with van der Waals surface area (Å²) >= 11 is 0. The fourth-order valence-electron chi connectivity index (χ4n) is 0.462. The number of hydrogen-bond acceptors (Lipinski definition) is 2. The zero-order valence-corrected chi connectivity index (χ0v) is 6.22. The van der Waals surface area contributed by atoms with Crippen molar-refractivity contribution in [1.82, 2.24) is 0 Å². The predicted molar refractivity (Wildman–Crippen MR) is 39.3 cm³/mol. The van der Waals surface area contributed by atoms with Crippen molar-refractivity contribution in [3.8, 4) is 12.3 Å². The number of rotatable bonds is 4. The third kappa shape index (κ3) is 5.17. The first kappa shape index (κ1) is 9.03. The van der Waals surface area contributed by atoms with Crippen LogP contribution in [0.15, 0.2) is 0 Å². The zero-order chi connectivity index (χ0) is 7.82. The maximum atomic E-state index is 10.6. The molecule has 0 unspecified atom stereocenters.